The molecule has 2 heterocycles. The van der Waals surface area contributed by atoms with E-state index in [2.05, 4.69) is 19.8 Å². The summed E-state index contributed by atoms with van der Waals surface area (Å²) in [5, 5.41) is 11.5. The normalized spacial score (nSPS) is 16.2. The number of carbonyl (C=O) groups excluding carboxylic acids is 2. The molecule has 1 aliphatic heterocycles. The van der Waals surface area contributed by atoms with Crippen molar-refractivity contribution in [1.82, 2.24) is 24.5 Å². The van der Waals surface area contributed by atoms with Crippen LogP contribution in [-0.2, 0) is 27.8 Å². The number of aryl methyl sites for hydroxylation is 2. The molecule has 1 amide bonds. The topological polar surface area (TPSA) is 93.4 Å². The third-order valence-electron chi connectivity index (χ3n) is 5.42. The summed E-state index contributed by atoms with van der Waals surface area (Å²) >= 11 is 1.71. The minimum atomic E-state index is -0.992. The van der Waals surface area contributed by atoms with Crippen molar-refractivity contribution in [3.63, 3.8) is 0 Å². The van der Waals surface area contributed by atoms with Crippen LogP contribution >= 0.6 is 11.9 Å². The van der Waals surface area contributed by atoms with E-state index in [0.29, 0.717) is 32.4 Å². The van der Waals surface area contributed by atoms with Gasteiger partial charge in [-0.3, -0.25) is 14.0 Å². The summed E-state index contributed by atoms with van der Waals surface area (Å²) in [7, 11) is 3.22. The van der Waals surface area contributed by atoms with E-state index < -0.39 is 5.54 Å². The first kappa shape index (κ1) is 22.2. The SMILES string of the molecule is CCC(=O)N(c1ccccc1)C1(C(=O)OC)CCN(SCCc2nnnn2C)CC1. The average molecular weight is 433 g/mol. The van der Waals surface area contributed by atoms with Crippen LogP contribution in [0.5, 0.6) is 0 Å². The maximum atomic E-state index is 13.0. The number of methoxy groups -OCH3 is 1. The van der Waals surface area contributed by atoms with Crippen LogP contribution in [0.25, 0.3) is 0 Å². The van der Waals surface area contributed by atoms with Crippen LogP contribution in [0.1, 0.15) is 32.0 Å². The number of rotatable bonds is 8. The number of carbonyl (C=O) groups is 2. The molecule has 30 heavy (non-hydrogen) atoms. The van der Waals surface area contributed by atoms with Gasteiger partial charge in [-0.05, 0) is 35.4 Å². The van der Waals surface area contributed by atoms with Crippen LogP contribution < -0.4 is 4.90 Å². The highest BCUT2D eigenvalue weighted by atomic mass is 32.2. The molecule has 0 aliphatic carbocycles. The van der Waals surface area contributed by atoms with Gasteiger partial charge in [-0.2, -0.15) is 0 Å². The Morgan fingerprint density at radius 3 is 2.50 bits per heavy atom. The average Bonchev–Trinajstić information content (AvgIpc) is 3.19. The molecule has 1 aromatic heterocycles. The molecule has 0 spiro atoms. The van der Waals surface area contributed by atoms with Gasteiger partial charge in [0.2, 0.25) is 5.91 Å². The second-order valence-electron chi connectivity index (χ2n) is 7.17. The van der Waals surface area contributed by atoms with Crippen LogP contribution in [0.2, 0.25) is 0 Å². The number of tetrazole rings is 1. The predicted molar refractivity (Wildman–Crippen MR) is 115 cm³/mol. The van der Waals surface area contributed by atoms with Gasteiger partial charge >= 0.3 is 5.97 Å². The largest absolute Gasteiger partial charge is 0.467 e. The van der Waals surface area contributed by atoms with E-state index >= 15 is 0 Å². The monoisotopic (exact) mass is 432 g/mol. The van der Waals surface area contributed by atoms with E-state index in [1.54, 1.807) is 21.5 Å². The fourth-order valence-electron chi connectivity index (χ4n) is 3.79. The van der Waals surface area contributed by atoms with Crippen molar-refractivity contribution in [1.29, 1.82) is 0 Å². The van der Waals surface area contributed by atoms with E-state index in [1.165, 1.54) is 7.11 Å². The molecule has 1 fully saturated rings. The molecule has 2 aromatic rings. The molecule has 162 valence electrons. The number of esters is 1. The van der Waals surface area contributed by atoms with Gasteiger partial charge in [-0.1, -0.05) is 37.1 Å². The highest BCUT2D eigenvalue weighted by Crippen LogP contribution is 2.36. The van der Waals surface area contributed by atoms with Crippen molar-refractivity contribution >= 4 is 29.5 Å². The summed E-state index contributed by atoms with van der Waals surface area (Å²) in [6.07, 6.45) is 2.10. The maximum Gasteiger partial charge on any atom is 0.332 e. The first-order valence-corrected chi connectivity index (χ1v) is 11.0. The number of para-hydroxylation sites is 1. The van der Waals surface area contributed by atoms with Crippen LogP contribution in [0.4, 0.5) is 5.69 Å². The lowest BCUT2D eigenvalue weighted by Gasteiger charge is -2.46. The molecular weight excluding hydrogens is 404 g/mol. The van der Waals surface area contributed by atoms with E-state index in [4.69, 9.17) is 4.74 Å². The lowest BCUT2D eigenvalue weighted by atomic mass is 9.85. The Bertz CT molecular complexity index is 851. The minimum Gasteiger partial charge on any atom is -0.467 e. The number of piperidine rings is 1. The highest BCUT2D eigenvalue weighted by Gasteiger charge is 2.49. The van der Waals surface area contributed by atoms with Gasteiger partial charge in [0, 0.05) is 44.4 Å². The molecule has 0 N–H and O–H groups in total. The molecule has 9 nitrogen and oxygen atoms in total. The fourth-order valence-corrected chi connectivity index (χ4v) is 4.76. The van der Waals surface area contributed by atoms with E-state index in [1.807, 2.05) is 44.3 Å². The quantitative estimate of drug-likeness (QED) is 0.461. The summed E-state index contributed by atoms with van der Waals surface area (Å²) in [6.45, 7) is 3.17. The van der Waals surface area contributed by atoms with Gasteiger partial charge in [0.1, 0.15) is 5.54 Å². The molecule has 0 bridgehead atoms. The molecule has 1 saturated heterocycles. The standard InChI is InChI=1S/C20H28N6O3S/c1-4-18(27)26(16-8-6-5-7-9-16)20(19(28)29-3)11-13-25(14-12-20)30-15-10-17-21-22-23-24(17)2/h5-9H,4,10-15H2,1-3H3. The van der Waals surface area contributed by atoms with Gasteiger partial charge in [0.15, 0.2) is 5.82 Å². The lowest BCUT2D eigenvalue weighted by Crippen LogP contribution is -2.62. The molecule has 3 rings (SSSR count). The Hall–Kier alpha value is -2.46. The van der Waals surface area contributed by atoms with Gasteiger partial charge in [-0.15, -0.1) is 5.10 Å². The van der Waals surface area contributed by atoms with Crippen molar-refractivity contribution in [2.24, 2.45) is 7.05 Å². The summed E-state index contributed by atoms with van der Waals surface area (Å²) < 4.78 is 9.10. The third-order valence-corrected chi connectivity index (χ3v) is 6.53. The van der Waals surface area contributed by atoms with E-state index in [-0.39, 0.29) is 11.9 Å². The number of nitrogens with zero attached hydrogens (tertiary/aromatic N) is 6. The van der Waals surface area contributed by atoms with Gasteiger partial charge in [0.25, 0.3) is 0 Å². The number of ether oxygens (including phenoxy) is 1. The van der Waals surface area contributed by atoms with Crippen LogP contribution in [0, 0.1) is 0 Å². The number of hydrogen-bond donors (Lipinski definition) is 0. The van der Waals surface area contributed by atoms with Crippen LogP contribution in [-0.4, -0.2) is 67.9 Å². The van der Waals surface area contributed by atoms with Crippen molar-refractivity contribution < 1.29 is 14.3 Å². The second-order valence-corrected chi connectivity index (χ2v) is 8.36. The number of hydrogen-bond acceptors (Lipinski definition) is 8. The molecule has 0 saturated carbocycles. The van der Waals surface area contributed by atoms with Crippen molar-refractivity contribution in [2.75, 3.05) is 30.9 Å². The Balaban J connectivity index is 1.72. The minimum absolute atomic E-state index is 0.0810. The molecule has 0 radical (unpaired) electrons. The number of benzene rings is 1. The van der Waals surface area contributed by atoms with Crippen LogP contribution in [0.3, 0.4) is 0 Å². The number of aromatic nitrogens is 4. The summed E-state index contributed by atoms with van der Waals surface area (Å²) in [6, 6.07) is 9.39. The van der Waals surface area contributed by atoms with Crippen molar-refractivity contribution in [2.45, 2.75) is 38.1 Å². The lowest BCUT2D eigenvalue weighted by molar-refractivity contribution is -0.150. The Labute approximate surface area is 180 Å². The zero-order valence-electron chi connectivity index (χ0n) is 17.7. The Morgan fingerprint density at radius 2 is 1.93 bits per heavy atom. The molecule has 0 atom stereocenters. The van der Waals surface area contributed by atoms with E-state index in [0.717, 1.165) is 23.7 Å². The van der Waals surface area contributed by atoms with Crippen molar-refractivity contribution in [3.8, 4) is 0 Å². The number of amides is 1. The second kappa shape index (κ2) is 10.0. The predicted octanol–water partition coefficient (Wildman–Crippen LogP) is 1.85. The van der Waals surface area contributed by atoms with Crippen molar-refractivity contribution in [3.05, 3.63) is 36.2 Å². The fraction of sp³-hybridized carbons (Fsp3) is 0.550. The zero-order valence-corrected chi connectivity index (χ0v) is 18.5. The van der Waals surface area contributed by atoms with Gasteiger partial charge in [-0.25, -0.2) is 9.48 Å². The highest BCUT2D eigenvalue weighted by molar-refractivity contribution is 7.97. The molecular formula is C20H28N6O3S. The Kier molecular flexibility index (Phi) is 7.43. The van der Waals surface area contributed by atoms with E-state index in [9.17, 15) is 9.59 Å². The summed E-state index contributed by atoms with van der Waals surface area (Å²) in [5.41, 5.74) is -0.265. The first-order valence-electron chi connectivity index (χ1n) is 10.1. The summed E-state index contributed by atoms with van der Waals surface area (Å²) in [4.78, 5) is 27.6. The van der Waals surface area contributed by atoms with Gasteiger partial charge in [0.05, 0.1) is 7.11 Å². The number of anilines is 1. The Morgan fingerprint density at radius 1 is 1.23 bits per heavy atom. The van der Waals surface area contributed by atoms with Crippen LogP contribution in [0.15, 0.2) is 30.3 Å². The molecule has 0 unspecified atom stereocenters. The zero-order chi connectivity index (χ0) is 21.6. The smallest absolute Gasteiger partial charge is 0.332 e. The maximum absolute atomic E-state index is 13.0. The molecule has 1 aromatic carbocycles. The third kappa shape index (κ3) is 4.65. The molecule has 10 heteroatoms. The van der Waals surface area contributed by atoms with Gasteiger partial charge < -0.3 is 4.74 Å². The summed E-state index contributed by atoms with van der Waals surface area (Å²) in [5.74, 6) is 1.24. The molecule has 1 aliphatic rings. The first-order chi connectivity index (χ1) is 14.5.